The van der Waals surface area contributed by atoms with Crippen LogP contribution in [-0.2, 0) is 0 Å². The van der Waals surface area contributed by atoms with Crippen molar-refractivity contribution in [2.75, 3.05) is 19.5 Å². The summed E-state index contributed by atoms with van der Waals surface area (Å²) in [7, 11) is 3.15. The number of non-ortho nitro benzene ring substituents is 1. The van der Waals surface area contributed by atoms with Crippen molar-refractivity contribution in [3.05, 3.63) is 71.0 Å². The van der Waals surface area contributed by atoms with Crippen LogP contribution in [0.1, 0.15) is 7.43 Å². The first-order valence-corrected chi connectivity index (χ1v) is 8.67. The average Bonchev–Trinajstić information content (AvgIpc) is 3.22. The van der Waals surface area contributed by atoms with Crippen LogP contribution in [0.25, 0.3) is 16.9 Å². The largest absolute Gasteiger partial charge is 0.493 e. The molecular formula is C21H21N5O4. The van der Waals surface area contributed by atoms with E-state index in [0.717, 1.165) is 5.56 Å². The number of fused-ring (bicyclic) bond motifs is 1. The van der Waals surface area contributed by atoms with Gasteiger partial charge < -0.3 is 14.8 Å². The zero-order chi connectivity index (χ0) is 20.4. The molecule has 0 saturated carbocycles. The molecule has 0 spiro atoms. The highest BCUT2D eigenvalue weighted by molar-refractivity contribution is 5.70. The Labute approximate surface area is 173 Å². The molecule has 0 bridgehead atoms. The average molecular weight is 407 g/mol. The molecule has 0 fully saturated rings. The third-order valence-electron chi connectivity index (χ3n) is 4.38. The minimum absolute atomic E-state index is 0. The van der Waals surface area contributed by atoms with Crippen LogP contribution in [0.15, 0.2) is 60.9 Å². The third kappa shape index (κ3) is 3.86. The minimum atomic E-state index is -0.439. The van der Waals surface area contributed by atoms with E-state index in [2.05, 4.69) is 15.3 Å². The Kier molecular flexibility index (Phi) is 5.82. The summed E-state index contributed by atoms with van der Waals surface area (Å²) in [6.45, 7) is 0. The molecule has 0 amide bonds. The number of aromatic nitrogens is 3. The van der Waals surface area contributed by atoms with Crippen molar-refractivity contribution in [2.45, 2.75) is 7.43 Å². The van der Waals surface area contributed by atoms with Gasteiger partial charge in [-0.2, -0.15) is 0 Å². The molecule has 0 saturated heterocycles. The number of ether oxygens (including phenoxy) is 2. The Bertz CT molecular complexity index is 1210. The molecule has 4 aromatic rings. The zero-order valence-electron chi connectivity index (χ0n) is 15.7. The van der Waals surface area contributed by atoms with Gasteiger partial charge in [-0.25, -0.2) is 9.97 Å². The van der Waals surface area contributed by atoms with E-state index in [1.165, 1.54) is 12.1 Å². The van der Waals surface area contributed by atoms with E-state index in [1.54, 1.807) is 49.2 Å². The molecule has 0 radical (unpaired) electrons. The lowest BCUT2D eigenvalue weighted by molar-refractivity contribution is -0.384. The van der Waals surface area contributed by atoms with Crippen molar-refractivity contribution < 1.29 is 14.4 Å². The highest BCUT2D eigenvalue weighted by atomic mass is 16.6. The van der Waals surface area contributed by atoms with Crippen molar-refractivity contribution in [3.63, 3.8) is 0 Å². The van der Waals surface area contributed by atoms with E-state index >= 15 is 0 Å². The van der Waals surface area contributed by atoms with Crippen LogP contribution in [-0.4, -0.2) is 33.5 Å². The maximum atomic E-state index is 11.1. The molecule has 0 unspecified atom stereocenters. The van der Waals surface area contributed by atoms with E-state index in [0.29, 0.717) is 34.5 Å². The number of hydrogen-bond donors (Lipinski definition) is 1. The van der Waals surface area contributed by atoms with Gasteiger partial charge in [0.15, 0.2) is 11.5 Å². The monoisotopic (exact) mass is 407 g/mol. The molecule has 2 aromatic carbocycles. The second-order valence-electron chi connectivity index (χ2n) is 6.12. The standard InChI is InChI=1S/C20H17N5O4.CH4/c1-28-17-7-6-13(10-18(17)29-2)16-12-19-21-8-9-24(19)20(23-16)22-14-4-3-5-15(11-14)25(26)27;/h3-12H,1-2H3,(H,22,23);1H4. The summed E-state index contributed by atoms with van der Waals surface area (Å²) in [5, 5.41) is 14.2. The smallest absolute Gasteiger partial charge is 0.271 e. The van der Waals surface area contributed by atoms with Crippen LogP contribution in [0, 0.1) is 10.1 Å². The minimum Gasteiger partial charge on any atom is -0.493 e. The highest BCUT2D eigenvalue weighted by Crippen LogP contribution is 2.32. The Balaban J connectivity index is 0.00000256. The first-order chi connectivity index (χ1) is 14.1. The lowest BCUT2D eigenvalue weighted by Crippen LogP contribution is -2.03. The number of hydrogen-bond acceptors (Lipinski definition) is 7. The maximum Gasteiger partial charge on any atom is 0.271 e. The zero-order valence-corrected chi connectivity index (χ0v) is 15.7. The predicted octanol–water partition coefficient (Wildman–Crippen LogP) is 4.70. The van der Waals surface area contributed by atoms with Gasteiger partial charge in [0.1, 0.15) is 5.65 Å². The number of nitrogens with zero attached hydrogens (tertiary/aromatic N) is 4. The van der Waals surface area contributed by atoms with E-state index in [1.807, 2.05) is 18.2 Å². The van der Waals surface area contributed by atoms with Gasteiger partial charge in [-0.1, -0.05) is 13.5 Å². The number of nitrogens with one attached hydrogen (secondary N) is 1. The van der Waals surface area contributed by atoms with Crippen LogP contribution in [0.4, 0.5) is 17.3 Å². The van der Waals surface area contributed by atoms with Gasteiger partial charge in [-0.15, -0.1) is 0 Å². The number of anilines is 2. The number of benzene rings is 2. The molecule has 154 valence electrons. The fourth-order valence-electron chi connectivity index (χ4n) is 2.98. The fourth-order valence-corrected chi connectivity index (χ4v) is 2.98. The SMILES string of the molecule is C.COc1ccc(-c2cc3nccn3c(Nc3cccc([N+](=O)[O-])c3)n2)cc1OC. The molecule has 2 heterocycles. The van der Waals surface area contributed by atoms with Gasteiger partial charge in [0.05, 0.1) is 24.8 Å². The fraction of sp³-hybridized carbons (Fsp3) is 0.143. The van der Waals surface area contributed by atoms with Crippen LogP contribution in [0.2, 0.25) is 0 Å². The molecule has 0 atom stereocenters. The van der Waals surface area contributed by atoms with Gasteiger partial charge >= 0.3 is 0 Å². The Morgan fingerprint density at radius 3 is 2.60 bits per heavy atom. The third-order valence-corrected chi connectivity index (χ3v) is 4.38. The number of imidazole rings is 1. The molecule has 0 aliphatic heterocycles. The van der Waals surface area contributed by atoms with Crippen molar-refractivity contribution >= 4 is 23.0 Å². The van der Waals surface area contributed by atoms with Gasteiger partial charge in [0.2, 0.25) is 5.95 Å². The molecule has 0 aliphatic rings. The maximum absolute atomic E-state index is 11.1. The summed E-state index contributed by atoms with van der Waals surface area (Å²) >= 11 is 0. The van der Waals surface area contributed by atoms with E-state index in [9.17, 15) is 10.1 Å². The molecule has 30 heavy (non-hydrogen) atoms. The Hall–Kier alpha value is -4.14. The van der Waals surface area contributed by atoms with Crippen molar-refractivity contribution in [3.8, 4) is 22.8 Å². The van der Waals surface area contributed by atoms with Gasteiger partial charge in [-0.3, -0.25) is 14.5 Å². The molecule has 9 heteroatoms. The number of rotatable bonds is 6. The van der Waals surface area contributed by atoms with Crippen molar-refractivity contribution in [1.29, 1.82) is 0 Å². The van der Waals surface area contributed by atoms with Gasteiger partial charge in [0.25, 0.3) is 5.69 Å². The van der Waals surface area contributed by atoms with E-state index in [4.69, 9.17) is 9.47 Å². The number of nitro benzene ring substituents is 1. The van der Waals surface area contributed by atoms with Crippen LogP contribution >= 0.6 is 0 Å². The summed E-state index contributed by atoms with van der Waals surface area (Å²) in [6, 6.07) is 13.6. The molecular weight excluding hydrogens is 386 g/mol. The first kappa shape index (κ1) is 20.6. The van der Waals surface area contributed by atoms with Gasteiger partial charge in [0, 0.05) is 41.8 Å². The van der Waals surface area contributed by atoms with E-state index < -0.39 is 4.92 Å². The Morgan fingerprint density at radius 1 is 1.07 bits per heavy atom. The summed E-state index contributed by atoms with van der Waals surface area (Å²) < 4.78 is 12.4. The van der Waals surface area contributed by atoms with Crippen LogP contribution in [0.3, 0.4) is 0 Å². The molecule has 2 aromatic heterocycles. The summed E-state index contributed by atoms with van der Waals surface area (Å²) in [5.74, 6) is 1.68. The summed E-state index contributed by atoms with van der Waals surface area (Å²) in [5.41, 5.74) is 2.70. The lowest BCUT2D eigenvalue weighted by Gasteiger charge is -2.12. The lowest BCUT2D eigenvalue weighted by atomic mass is 10.1. The van der Waals surface area contributed by atoms with E-state index in [-0.39, 0.29) is 13.1 Å². The molecule has 0 aliphatic carbocycles. The first-order valence-electron chi connectivity index (χ1n) is 8.67. The normalized spacial score (nSPS) is 10.3. The number of methoxy groups -OCH3 is 2. The van der Waals surface area contributed by atoms with Crippen molar-refractivity contribution in [1.82, 2.24) is 14.4 Å². The topological polar surface area (TPSA) is 104 Å². The molecule has 4 rings (SSSR count). The molecule has 9 nitrogen and oxygen atoms in total. The van der Waals surface area contributed by atoms with Crippen LogP contribution in [0.5, 0.6) is 11.5 Å². The summed E-state index contributed by atoms with van der Waals surface area (Å²) in [4.78, 5) is 19.7. The second-order valence-corrected chi connectivity index (χ2v) is 6.12. The predicted molar refractivity (Wildman–Crippen MR) is 115 cm³/mol. The molecule has 1 N–H and O–H groups in total. The summed E-state index contributed by atoms with van der Waals surface area (Å²) in [6.07, 6.45) is 3.43. The van der Waals surface area contributed by atoms with Crippen molar-refractivity contribution in [2.24, 2.45) is 0 Å². The number of nitro groups is 1. The second kappa shape index (κ2) is 8.48. The van der Waals surface area contributed by atoms with Crippen LogP contribution < -0.4 is 14.8 Å². The quantitative estimate of drug-likeness (QED) is 0.365. The highest BCUT2D eigenvalue weighted by Gasteiger charge is 2.13. The van der Waals surface area contributed by atoms with Gasteiger partial charge in [-0.05, 0) is 24.3 Å². The Morgan fingerprint density at radius 2 is 1.87 bits per heavy atom.